The van der Waals surface area contributed by atoms with Gasteiger partial charge in [0, 0.05) is 11.4 Å². The number of nitrogens with one attached hydrogen (secondary N) is 1. The largest absolute Gasteiger partial charge is 0.360 e. The number of allylic oxidation sites excluding steroid dienone is 7. The molecular weight excluding hydrogens is 336 g/mol. The maximum atomic E-state index is 3.71. The van der Waals surface area contributed by atoms with Gasteiger partial charge in [0.2, 0.25) is 0 Å². The number of benzene rings is 1. The molecule has 4 rings (SSSR count). The second-order valence-corrected chi connectivity index (χ2v) is 6.92. The molecule has 0 amide bonds. The predicted molar refractivity (Wildman–Crippen MR) is 93.9 cm³/mol. The summed E-state index contributed by atoms with van der Waals surface area (Å²) in [6.45, 7) is 0. The van der Waals surface area contributed by atoms with Gasteiger partial charge >= 0.3 is 0 Å². The van der Waals surface area contributed by atoms with Crippen LogP contribution in [0.25, 0.3) is 0 Å². The lowest BCUT2D eigenvalue weighted by molar-refractivity contribution is 0.308. The highest BCUT2D eigenvalue weighted by atomic mass is 79.9. The van der Waals surface area contributed by atoms with E-state index in [1.165, 1.54) is 27.1 Å². The third-order valence-electron chi connectivity index (χ3n) is 4.49. The number of halogens is 1. The van der Waals surface area contributed by atoms with Gasteiger partial charge in [-0.2, -0.15) is 0 Å². The Morgan fingerprint density at radius 2 is 1.91 bits per heavy atom. The van der Waals surface area contributed by atoms with Crippen LogP contribution >= 0.6 is 15.9 Å². The highest BCUT2D eigenvalue weighted by Crippen LogP contribution is 2.41. The van der Waals surface area contributed by atoms with E-state index in [1.54, 1.807) is 0 Å². The topological polar surface area (TPSA) is 15.3 Å². The smallest absolute Gasteiger partial charge is 0.130 e. The number of rotatable bonds is 2. The highest BCUT2D eigenvalue weighted by Gasteiger charge is 2.34. The quantitative estimate of drug-likeness (QED) is 0.793. The molecule has 2 nitrogen and oxygen atoms in total. The molecule has 3 heteroatoms. The Balaban J connectivity index is 1.75. The molecule has 112 valence electrons. The normalized spacial score (nSPS) is 23.9. The molecule has 1 N–H and O–H groups in total. The lowest BCUT2D eigenvalue weighted by Gasteiger charge is -2.33. The fraction of sp³-hybridized carbons (Fsp3) is 0.263. The number of hydrogen-bond donors (Lipinski definition) is 1. The lowest BCUT2D eigenvalue weighted by atomic mass is 10.0. The summed E-state index contributed by atoms with van der Waals surface area (Å²) in [5.41, 5.74) is 5.45. The Morgan fingerprint density at radius 3 is 2.68 bits per heavy atom. The van der Waals surface area contributed by atoms with Crippen LogP contribution in [0.4, 0.5) is 0 Å². The van der Waals surface area contributed by atoms with Crippen molar-refractivity contribution >= 4 is 15.9 Å². The molecule has 1 heterocycles. The van der Waals surface area contributed by atoms with Gasteiger partial charge in [0.1, 0.15) is 6.17 Å². The fourth-order valence-electron chi connectivity index (χ4n) is 3.41. The number of nitrogens with zero attached hydrogens (tertiary/aromatic N) is 1. The zero-order valence-electron chi connectivity index (χ0n) is 12.4. The zero-order valence-corrected chi connectivity index (χ0v) is 14.0. The maximum Gasteiger partial charge on any atom is 0.130 e. The summed E-state index contributed by atoms with van der Waals surface area (Å²) in [5.74, 6) is 0. The van der Waals surface area contributed by atoms with Gasteiger partial charge in [-0.15, -0.1) is 0 Å². The molecule has 22 heavy (non-hydrogen) atoms. The molecule has 1 aromatic carbocycles. The van der Waals surface area contributed by atoms with E-state index in [2.05, 4.69) is 80.8 Å². The van der Waals surface area contributed by atoms with E-state index in [9.17, 15) is 0 Å². The van der Waals surface area contributed by atoms with Gasteiger partial charge in [-0.3, -0.25) is 0 Å². The van der Waals surface area contributed by atoms with E-state index in [0.717, 1.165) is 25.7 Å². The van der Waals surface area contributed by atoms with Crippen molar-refractivity contribution in [3.05, 3.63) is 81.8 Å². The summed E-state index contributed by atoms with van der Waals surface area (Å²) < 4.78 is 1.29. The van der Waals surface area contributed by atoms with Gasteiger partial charge in [0.25, 0.3) is 0 Å². The Labute approximate surface area is 140 Å². The molecule has 0 radical (unpaired) electrons. The van der Waals surface area contributed by atoms with Crippen LogP contribution in [0.3, 0.4) is 0 Å². The minimum Gasteiger partial charge on any atom is -0.360 e. The van der Waals surface area contributed by atoms with Crippen molar-refractivity contribution in [2.24, 2.45) is 0 Å². The number of hydrogen-bond acceptors (Lipinski definition) is 2. The average Bonchev–Trinajstić information content (AvgIpc) is 2.96. The molecule has 1 atom stereocenters. The van der Waals surface area contributed by atoms with Crippen LogP contribution in [0.15, 0.2) is 76.2 Å². The molecule has 3 aliphatic rings. The summed E-state index contributed by atoms with van der Waals surface area (Å²) in [6.07, 6.45) is 13.6. The van der Waals surface area contributed by atoms with Gasteiger partial charge < -0.3 is 10.2 Å². The van der Waals surface area contributed by atoms with Crippen molar-refractivity contribution in [3.63, 3.8) is 0 Å². The Morgan fingerprint density at radius 1 is 1.05 bits per heavy atom. The Hall–Kier alpha value is -1.74. The first-order chi connectivity index (χ1) is 10.8. The van der Waals surface area contributed by atoms with Gasteiger partial charge in [0.15, 0.2) is 0 Å². The molecular formula is C19H19BrN2. The van der Waals surface area contributed by atoms with Crippen LogP contribution in [0.2, 0.25) is 0 Å². The zero-order chi connectivity index (χ0) is 14.9. The minimum absolute atomic E-state index is 0.213. The molecule has 0 bridgehead atoms. The van der Waals surface area contributed by atoms with Crippen molar-refractivity contribution in [1.82, 2.24) is 10.2 Å². The molecule has 2 aliphatic carbocycles. The fourth-order valence-corrected chi connectivity index (χ4v) is 3.74. The van der Waals surface area contributed by atoms with Crippen molar-refractivity contribution < 1.29 is 0 Å². The molecule has 0 saturated carbocycles. The third kappa shape index (κ3) is 2.44. The molecule has 1 unspecified atom stereocenters. The first-order valence-corrected chi connectivity index (χ1v) is 8.68. The summed E-state index contributed by atoms with van der Waals surface area (Å²) in [6, 6.07) is 10.7. The standard InChI is InChI=1S/C19H19BrN2/c20-15-10-12-16(13-11-15)22-18-9-5-4-8-17(18)21-19(22)14-6-2-1-3-7-14/h1-4,6-8,10,12,19,21H,5,9,11,13H2. The maximum absolute atomic E-state index is 3.71. The summed E-state index contributed by atoms with van der Waals surface area (Å²) in [4.78, 5) is 2.52. The lowest BCUT2D eigenvalue weighted by Crippen LogP contribution is -2.29. The van der Waals surface area contributed by atoms with E-state index in [-0.39, 0.29) is 6.17 Å². The molecule has 0 spiro atoms. The molecule has 1 aromatic rings. The second kappa shape index (κ2) is 5.81. The van der Waals surface area contributed by atoms with Crippen LogP contribution < -0.4 is 5.32 Å². The average molecular weight is 355 g/mol. The third-order valence-corrected chi connectivity index (χ3v) is 5.15. The first kappa shape index (κ1) is 13.9. The van der Waals surface area contributed by atoms with Crippen molar-refractivity contribution in [2.45, 2.75) is 31.8 Å². The van der Waals surface area contributed by atoms with Gasteiger partial charge in [0.05, 0.1) is 5.70 Å². The van der Waals surface area contributed by atoms with E-state index in [4.69, 9.17) is 0 Å². The van der Waals surface area contributed by atoms with E-state index in [0.29, 0.717) is 0 Å². The van der Waals surface area contributed by atoms with E-state index >= 15 is 0 Å². The van der Waals surface area contributed by atoms with Crippen LogP contribution in [0, 0.1) is 0 Å². The van der Waals surface area contributed by atoms with Gasteiger partial charge in [-0.25, -0.2) is 0 Å². The van der Waals surface area contributed by atoms with Crippen molar-refractivity contribution in [1.29, 1.82) is 0 Å². The molecule has 0 fully saturated rings. The molecule has 1 aliphatic heterocycles. The summed E-state index contributed by atoms with van der Waals surface area (Å²) in [7, 11) is 0. The highest BCUT2D eigenvalue weighted by molar-refractivity contribution is 9.11. The van der Waals surface area contributed by atoms with Crippen LogP contribution in [-0.2, 0) is 0 Å². The molecule has 0 aromatic heterocycles. The Kier molecular flexibility index (Phi) is 3.67. The van der Waals surface area contributed by atoms with Crippen molar-refractivity contribution in [2.75, 3.05) is 0 Å². The second-order valence-electron chi connectivity index (χ2n) is 5.90. The SMILES string of the molecule is BrC1=CC=C(N2C3=C(C=CCC3)NC2c2ccccc2)CC1. The Bertz CT molecular complexity index is 697. The van der Waals surface area contributed by atoms with Crippen LogP contribution in [0.5, 0.6) is 0 Å². The van der Waals surface area contributed by atoms with E-state index < -0.39 is 0 Å². The predicted octanol–water partition coefficient (Wildman–Crippen LogP) is 5.11. The monoisotopic (exact) mass is 354 g/mol. The van der Waals surface area contributed by atoms with Crippen LogP contribution in [-0.4, -0.2) is 4.90 Å². The van der Waals surface area contributed by atoms with Crippen molar-refractivity contribution in [3.8, 4) is 0 Å². The minimum atomic E-state index is 0.213. The molecule has 0 saturated heterocycles. The first-order valence-electron chi connectivity index (χ1n) is 7.88. The summed E-state index contributed by atoms with van der Waals surface area (Å²) >= 11 is 3.61. The van der Waals surface area contributed by atoms with Gasteiger partial charge in [-0.1, -0.05) is 58.4 Å². The van der Waals surface area contributed by atoms with Crippen LogP contribution in [0.1, 0.15) is 37.4 Å². The van der Waals surface area contributed by atoms with Gasteiger partial charge in [-0.05, 0) is 47.9 Å². The van der Waals surface area contributed by atoms with E-state index in [1.807, 2.05) is 0 Å². The summed E-state index contributed by atoms with van der Waals surface area (Å²) in [5, 5.41) is 3.71.